The lowest BCUT2D eigenvalue weighted by molar-refractivity contribution is 0.296. The summed E-state index contributed by atoms with van der Waals surface area (Å²) >= 11 is 5.93. The van der Waals surface area contributed by atoms with Gasteiger partial charge in [-0.25, -0.2) is 0 Å². The largest absolute Gasteiger partial charge is 0.497 e. The fourth-order valence-corrected chi connectivity index (χ4v) is 7.16. The van der Waals surface area contributed by atoms with Crippen LogP contribution in [0.1, 0.15) is 29.1 Å². The molecular formula is C45H44ClN7O7. The number of aromatic amines is 2. The zero-order chi connectivity index (χ0) is 42.2. The van der Waals surface area contributed by atoms with Gasteiger partial charge >= 0.3 is 0 Å². The Balaban J connectivity index is 0.000000181. The first-order chi connectivity index (χ1) is 29.1. The number of aryl methyl sites for hydroxylation is 4. The summed E-state index contributed by atoms with van der Waals surface area (Å²) in [5, 5.41) is 7.48. The molecule has 15 heteroatoms. The second-order valence-electron chi connectivity index (χ2n) is 14.1. The lowest BCUT2D eigenvalue weighted by atomic mass is 10.1. The minimum Gasteiger partial charge on any atom is -0.497 e. The van der Waals surface area contributed by atoms with Crippen molar-refractivity contribution in [1.29, 1.82) is 0 Å². The number of H-pyrrole nitrogens is 2. The number of rotatable bonds is 14. The van der Waals surface area contributed by atoms with Crippen molar-refractivity contribution >= 4 is 33.4 Å². The van der Waals surface area contributed by atoms with Crippen molar-refractivity contribution < 1.29 is 14.2 Å². The molecule has 0 aliphatic carbocycles. The third kappa shape index (κ3) is 9.45. The molecule has 2 N–H and O–H groups in total. The second-order valence-corrected chi connectivity index (χ2v) is 14.5. The molecule has 0 bridgehead atoms. The molecule has 14 nitrogen and oxygen atoms in total. The van der Waals surface area contributed by atoms with Crippen LogP contribution in [0.5, 0.6) is 17.2 Å². The van der Waals surface area contributed by atoms with Crippen LogP contribution in [-0.4, -0.2) is 47.4 Å². The van der Waals surface area contributed by atoms with Gasteiger partial charge in [-0.05, 0) is 79.1 Å². The number of pyridine rings is 3. The number of hydrogen-bond donors (Lipinski definition) is 2. The number of para-hydroxylation sites is 1. The van der Waals surface area contributed by atoms with E-state index in [-0.39, 0.29) is 35.4 Å². The highest BCUT2D eigenvalue weighted by Crippen LogP contribution is 2.21. The smallest absolute Gasteiger partial charge is 0.276 e. The average molecular weight is 830 g/mol. The Morgan fingerprint density at radius 1 is 0.650 bits per heavy atom. The van der Waals surface area contributed by atoms with Crippen molar-refractivity contribution in [1.82, 2.24) is 33.7 Å². The van der Waals surface area contributed by atoms with Crippen LogP contribution >= 0.6 is 11.6 Å². The van der Waals surface area contributed by atoms with Gasteiger partial charge in [0.1, 0.15) is 23.9 Å². The maximum atomic E-state index is 12.9. The molecular weight excluding hydrogens is 786 g/mol. The van der Waals surface area contributed by atoms with Crippen molar-refractivity contribution in [2.24, 2.45) is 14.1 Å². The summed E-state index contributed by atoms with van der Waals surface area (Å²) in [5.41, 5.74) is 3.35. The molecule has 0 saturated carbocycles. The zero-order valence-electron chi connectivity index (χ0n) is 33.4. The maximum Gasteiger partial charge on any atom is 0.276 e. The number of fused-ring (bicyclic) bond motifs is 2. The number of nitrogens with zero attached hydrogens (tertiary/aromatic N) is 5. The predicted octanol–water partition coefficient (Wildman–Crippen LogP) is 6.00. The van der Waals surface area contributed by atoms with Gasteiger partial charge < -0.3 is 23.3 Å². The van der Waals surface area contributed by atoms with E-state index in [1.54, 1.807) is 60.8 Å². The number of nitrogens with one attached hydrogen (secondary N) is 2. The fourth-order valence-electron chi connectivity index (χ4n) is 7.03. The van der Waals surface area contributed by atoms with Gasteiger partial charge in [0.2, 0.25) is 0 Å². The summed E-state index contributed by atoms with van der Waals surface area (Å²) in [5.74, 6) is 2.09. The van der Waals surface area contributed by atoms with E-state index in [2.05, 4.69) is 15.2 Å². The van der Waals surface area contributed by atoms with E-state index >= 15 is 0 Å². The third-order valence-electron chi connectivity index (χ3n) is 10.0. The summed E-state index contributed by atoms with van der Waals surface area (Å²) in [6.45, 7) is 1.29. The Labute approximate surface area is 348 Å². The minimum absolute atomic E-state index is 0.0469. The summed E-state index contributed by atoms with van der Waals surface area (Å²) in [7, 11) is 4.86. The Morgan fingerprint density at radius 3 is 1.95 bits per heavy atom. The molecule has 308 valence electrons. The molecule has 0 radical (unpaired) electrons. The van der Waals surface area contributed by atoms with E-state index in [0.717, 1.165) is 22.7 Å². The summed E-state index contributed by atoms with van der Waals surface area (Å²) < 4.78 is 23.0. The summed E-state index contributed by atoms with van der Waals surface area (Å²) in [6, 6.07) is 32.6. The van der Waals surface area contributed by atoms with E-state index < -0.39 is 0 Å². The molecule has 0 fully saturated rings. The molecule has 0 amide bonds. The van der Waals surface area contributed by atoms with Gasteiger partial charge in [0, 0.05) is 61.8 Å². The average Bonchev–Trinajstić information content (AvgIpc) is 3.70. The topological polar surface area (TPSA) is 160 Å². The number of hydrogen-bond acceptors (Lipinski definition) is 8. The van der Waals surface area contributed by atoms with E-state index in [9.17, 15) is 19.2 Å². The summed E-state index contributed by atoms with van der Waals surface area (Å²) in [6.07, 6.45) is 3.61. The number of ether oxygens (including phenoxy) is 3. The molecule has 0 atom stereocenters. The first kappa shape index (κ1) is 41.1. The van der Waals surface area contributed by atoms with Crippen LogP contribution in [0.25, 0.3) is 21.8 Å². The number of methoxy groups -OCH3 is 1. The Kier molecular flexibility index (Phi) is 12.8. The highest BCUT2D eigenvalue weighted by molar-refractivity contribution is 6.30. The first-order valence-electron chi connectivity index (χ1n) is 19.3. The van der Waals surface area contributed by atoms with E-state index in [1.807, 2.05) is 72.8 Å². The molecule has 60 heavy (non-hydrogen) atoms. The predicted molar refractivity (Wildman–Crippen MR) is 232 cm³/mol. The Bertz CT molecular complexity index is 2970. The zero-order valence-corrected chi connectivity index (χ0v) is 34.1. The Morgan fingerprint density at radius 2 is 1.28 bits per heavy atom. The fraction of sp³-hybridized carbons (Fsp3) is 0.222. The monoisotopic (exact) mass is 829 g/mol. The quantitative estimate of drug-likeness (QED) is 0.126. The van der Waals surface area contributed by atoms with E-state index in [0.29, 0.717) is 76.4 Å². The van der Waals surface area contributed by atoms with Gasteiger partial charge in [-0.15, -0.1) is 0 Å². The number of halogens is 1. The highest BCUT2D eigenvalue weighted by Gasteiger charge is 2.18. The third-order valence-corrected chi connectivity index (χ3v) is 10.3. The standard InChI is InChI=1S/C23H24N4O3.C22H20ClN3O4/c1-26-23(29)22-19(25-26)16-21(28)27(14-12-17-8-5-6-13-24-17)20(22)11-7-15-30-18-9-3-2-4-10-18;1-25-22(28)21-18(24-25)11-20(27)26(12-14-4-3-5-17(10-14)29-2)19(21)13-30-16-8-6-15(23)7-9-16/h2-6,8-10,13,16,25H,7,11-12,14-15H2,1H3;3-11,24H,12-13H2,1-2H3. The first-order valence-corrected chi connectivity index (χ1v) is 19.7. The molecule has 0 aliphatic rings. The molecule has 8 rings (SSSR count). The van der Waals surface area contributed by atoms with Crippen molar-refractivity contribution in [2.75, 3.05) is 13.7 Å². The van der Waals surface area contributed by atoms with Crippen molar-refractivity contribution in [3.63, 3.8) is 0 Å². The van der Waals surface area contributed by atoms with E-state index in [4.69, 9.17) is 25.8 Å². The molecule has 0 spiro atoms. The van der Waals surface area contributed by atoms with E-state index in [1.165, 1.54) is 21.5 Å². The molecule has 5 heterocycles. The Hall–Kier alpha value is -7.06. The molecule has 0 unspecified atom stereocenters. The van der Waals surface area contributed by atoms with Gasteiger partial charge in [0.05, 0.1) is 47.8 Å². The van der Waals surface area contributed by atoms with Crippen LogP contribution in [0.15, 0.2) is 135 Å². The van der Waals surface area contributed by atoms with Crippen molar-refractivity contribution in [3.05, 3.63) is 184 Å². The SMILES string of the molecule is COc1cccc(Cn2c(COc3ccc(Cl)cc3)c3c(=O)n(C)[nH]c3cc2=O)c1.Cn1[nH]c2cc(=O)n(CCc3ccccn3)c(CCCOc3ccccc3)c2c1=O. The maximum absolute atomic E-state index is 12.9. The number of benzene rings is 3. The van der Waals surface area contributed by atoms with Gasteiger partial charge in [-0.1, -0.05) is 48.0 Å². The molecule has 3 aromatic carbocycles. The van der Waals surface area contributed by atoms with Crippen molar-refractivity contribution in [2.45, 2.75) is 39.0 Å². The van der Waals surface area contributed by atoms with Gasteiger partial charge in [0.15, 0.2) is 0 Å². The lowest BCUT2D eigenvalue weighted by Gasteiger charge is -2.15. The van der Waals surface area contributed by atoms with Crippen LogP contribution < -0.4 is 36.4 Å². The molecule has 5 aromatic heterocycles. The number of aromatic nitrogens is 7. The normalized spacial score (nSPS) is 11.1. The van der Waals surface area contributed by atoms with Crippen LogP contribution in [0, 0.1) is 0 Å². The van der Waals surface area contributed by atoms with Gasteiger partial charge in [-0.3, -0.25) is 43.7 Å². The van der Waals surface area contributed by atoms with Crippen LogP contribution in [-0.2, 0) is 46.6 Å². The van der Waals surface area contributed by atoms with Crippen LogP contribution in [0.3, 0.4) is 0 Å². The molecule has 8 aromatic rings. The highest BCUT2D eigenvalue weighted by atomic mass is 35.5. The molecule has 0 aliphatic heterocycles. The second kappa shape index (κ2) is 18.7. The van der Waals surface area contributed by atoms with Crippen molar-refractivity contribution in [3.8, 4) is 17.2 Å². The van der Waals surface area contributed by atoms with Gasteiger partial charge in [-0.2, -0.15) is 0 Å². The molecule has 0 saturated heterocycles. The summed E-state index contributed by atoms with van der Waals surface area (Å²) in [4.78, 5) is 55.5. The van der Waals surface area contributed by atoms with Crippen LogP contribution in [0.2, 0.25) is 5.02 Å². The van der Waals surface area contributed by atoms with Crippen LogP contribution in [0.4, 0.5) is 0 Å². The minimum atomic E-state index is -0.234. The lowest BCUT2D eigenvalue weighted by Crippen LogP contribution is -2.26. The van der Waals surface area contributed by atoms with Gasteiger partial charge in [0.25, 0.3) is 22.2 Å².